The van der Waals surface area contributed by atoms with Gasteiger partial charge in [-0.3, -0.25) is 9.78 Å². The van der Waals surface area contributed by atoms with Gasteiger partial charge in [0.15, 0.2) is 0 Å². The first-order valence-corrected chi connectivity index (χ1v) is 11.9. The lowest BCUT2D eigenvalue weighted by atomic mass is 9.91. The summed E-state index contributed by atoms with van der Waals surface area (Å²) in [7, 11) is 0. The third kappa shape index (κ3) is 8.10. The Hall–Kier alpha value is -3.37. The predicted octanol–water partition coefficient (Wildman–Crippen LogP) is 3.12. The summed E-state index contributed by atoms with van der Waals surface area (Å²) in [5, 5.41) is 2.58. The van der Waals surface area contributed by atoms with E-state index in [1.807, 2.05) is 20.8 Å². The van der Waals surface area contributed by atoms with Crippen molar-refractivity contribution >= 4 is 12.0 Å². The Morgan fingerprint density at radius 3 is 2.58 bits per heavy atom. The first-order chi connectivity index (χ1) is 16.7. The fourth-order valence-electron chi connectivity index (χ4n) is 4.00. The van der Waals surface area contributed by atoms with Gasteiger partial charge >= 0.3 is 6.09 Å². The molecule has 9 nitrogen and oxygen atoms in total. The third-order valence-corrected chi connectivity index (χ3v) is 5.73. The van der Waals surface area contributed by atoms with E-state index in [0.717, 1.165) is 0 Å². The molecule has 0 bridgehead atoms. The Labute approximate surface area is 209 Å². The van der Waals surface area contributed by atoms with E-state index in [2.05, 4.69) is 10.3 Å². The fraction of sp³-hybridized carbons (Fsp3) is 0.560. The summed E-state index contributed by atoms with van der Waals surface area (Å²) < 4.78 is 37.1. The van der Waals surface area contributed by atoms with E-state index in [4.69, 9.17) is 20.9 Å². The van der Waals surface area contributed by atoms with Crippen LogP contribution in [0.3, 0.4) is 0 Å². The van der Waals surface area contributed by atoms with E-state index >= 15 is 0 Å². The number of carbonyl (C=O) groups is 2. The lowest BCUT2D eigenvalue weighted by molar-refractivity contribution is -0.134. The van der Waals surface area contributed by atoms with Crippen LogP contribution in [-0.2, 0) is 16.0 Å². The summed E-state index contributed by atoms with van der Waals surface area (Å²) in [6.45, 7) is 8.17. The summed E-state index contributed by atoms with van der Waals surface area (Å²) in [6.07, 6.45) is 2.19. The maximum atomic E-state index is 13.1. The smallest absolute Gasteiger partial charge is 0.410 e. The number of pyridine rings is 1. The van der Waals surface area contributed by atoms with Crippen LogP contribution in [0.5, 0.6) is 5.75 Å². The molecule has 1 saturated carbocycles. The SMILES string of the molecule is Cc1cc(OC2CC(F)(F)C2)cc(CC(=O)N/C(N)=C/C=C(\N)C2CCN(C(=O)OC(C)(C)C)C2)n1. The number of halogens is 2. The minimum atomic E-state index is -2.67. The quantitative estimate of drug-likeness (QED) is 0.483. The van der Waals surface area contributed by atoms with Crippen molar-refractivity contribution in [2.45, 2.75) is 71.0 Å². The van der Waals surface area contributed by atoms with E-state index in [9.17, 15) is 18.4 Å². The van der Waals surface area contributed by atoms with Gasteiger partial charge < -0.3 is 31.2 Å². The monoisotopic (exact) mass is 507 g/mol. The molecule has 198 valence electrons. The van der Waals surface area contributed by atoms with E-state index in [0.29, 0.717) is 42.3 Å². The van der Waals surface area contributed by atoms with E-state index in [1.165, 1.54) is 6.08 Å². The van der Waals surface area contributed by atoms with Crippen LogP contribution in [0.25, 0.3) is 0 Å². The first-order valence-electron chi connectivity index (χ1n) is 11.9. The third-order valence-electron chi connectivity index (χ3n) is 5.73. The molecule has 5 N–H and O–H groups in total. The Kier molecular flexibility index (Phi) is 8.10. The van der Waals surface area contributed by atoms with E-state index in [-0.39, 0.29) is 37.1 Å². The van der Waals surface area contributed by atoms with Gasteiger partial charge in [-0.15, -0.1) is 0 Å². The summed E-state index contributed by atoms with van der Waals surface area (Å²) in [6, 6.07) is 3.21. The Bertz CT molecular complexity index is 1040. The van der Waals surface area contributed by atoms with Crippen LogP contribution in [0.15, 0.2) is 35.8 Å². The van der Waals surface area contributed by atoms with Gasteiger partial charge in [0.05, 0.1) is 12.1 Å². The molecule has 1 unspecified atom stereocenters. The molecule has 1 atom stereocenters. The molecule has 11 heteroatoms. The molecule has 0 radical (unpaired) electrons. The summed E-state index contributed by atoms with van der Waals surface area (Å²) in [5.41, 5.74) is 13.1. The molecular formula is C25H35F2N5O4. The molecule has 2 fully saturated rings. The van der Waals surface area contributed by atoms with Crippen LogP contribution in [0, 0.1) is 12.8 Å². The average Bonchev–Trinajstić information content (AvgIpc) is 3.19. The van der Waals surface area contributed by atoms with Crippen molar-refractivity contribution in [3.05, 3.63) is 47.2 Å². The van der Waals surface area contributed by atoms with Crippen molar-refractivity contribution in [2.24, 2.45) is 17.4 Å². The summed E-state index contributed by atoms with van der Waals surface area (Å²) in [4.78, 5) is 30.6. The minimum absolute atomic E-state index is 0.0391. The molecule has 0 spiro atoms. The van der Waals surface area contributed by atoms with E-state index < -0.39 is 23.5 Å². The van der Waals surface area contributed by atoms with Crippen LogP contribution in [0.4, 0.5) is 13.6 Å². The van der Waals surface area contributed by atoms with Gasteiger partial charge in [-0.05, 0) is 46.3 Å². The van der Waals surface area contributed by atoms with Crippen molar-refractivity contribution in [2.75, 3.05) is 13.1 Å². The molecule has 3 rings (SSSR count). The second kappa shape index (κ2) is 10.7. The number of amides is 2. The molecule has 1 aliphatic carbocycles. The van der Waals surface area contributed by atoms with Crippen LogP contribution in [-0.4, -0.2) is 52.6 Å². The number of alkyl halides is 2. The number of ether oxygens (including phenoxy) is 2. The average molecular weight is 508 g/mol. The number of carbonyl (C=O) groups excluding carboxylic acids is 2. The number of nitrogens with two attached hydrogens (primary N) is 2. The lowest BCUT2D eigenvalue weighted by Gasteiger charge is -2.34. The number of aryl methyl sites for hydroxylation is 1. The summed E-state index contributed by atoms with van der Waals surface area (Å²) in [5.74, 6) is -2.60. The highest BCUT2D eigenvalue weighted by Gasteiger charge is 2.47. The molecular weight excluding hydrogens is 472 g/mol. The molecule has 0 aromatic carbocycles. The Morgan fingerprint density at radius 2 is 1.94 bits per heavy atom. The minimum Gasteiger partial charge on any atom is -0.490 e. The highest BCUT2D eigenvalue weighted by molar-refractivity contribution is 5.79. The maximum Gasteiger partial charge on any atom is 0.410 e. The van der Waals surface area contributed by atoms with Gasteiger partial charge in [-0.1, -0.05) is 0 Å². The zero-order chi connectivity index (χ0) is 26.7. The van der Waals surface area contributed by atoms with Gasteiger partial charge in [-0.2, -0.15) is 0 Å². The molecule has 1 aromatic heterocycles. The first kappa shape index (κ1) is 27.2. The highest BCUT2D eigenvalue weighted by atomic mass is 19.3. The van der Waals surface area contributed by atoms with Gasteiger partial charge in [0.2, 0.25) is 5.91 Å². The van der Waals surface area contributed by atoms with Crippen molar-refractivity contribution in [3.63, 3.8) is 0 Å². The highest BCUT2D eigenvalue weighted by Crippen LogP contribution is 2.39. The van der Waals surface area contributed by atoms with Crippen molar-refractivity contribution < 1.29 is 27.8 Å². The van der Waals surface area contributed by atoms with Gasteiger partial charge in [0.25, 0.3) is 5.92 Å². The molecule has 2 amide bonds. The van der Waals surface area contributed by atoms with Crippen LogP contribution < -0.4 is 21.5 Å². The number of nitrogens with zero attached hydrogens (tertiary/aromatic N) is 2. The maximum absolute atomic E-state index is 13.1. The second-order valence-corrected chi connectivity index (χ2v) is 10.4. The van der Waals surface area contributed by atoms with Crippen LogP contribution >= 0.6 is 0 Å². The fourth-order valence-corrected chi connectivity index (χ4v) is 4.00. The van der Waals surface area contributed by atoms with Crippen LogP contribution in [0.1, 0.15) is 51.4 Å². The Balaban J connectivity index is 1.50. The predicted molar refractivity (Wildman–Crippen MR) is 130 cm³/mol. The number of hydrogen-bond acceptors (Lipinski definition) is 7. The molecule has 1 aromatic rings. The number of nitrogens with one attached hydrogen (secondary N) is 1. The molecule has 1 aliphatic heterocycles. The number of aromatic nitrogens is 1. The van der Waals surface area contributed by atoms with Gasteiger partial charge in [0, 0.05) is 55.4 Å². The standard InChI is InChI=1S/C25H35F2N5O4/c1-15-9-18(35-19-12-25(26,27)13-19)10-17(30-15)11-22(33)31-21(29)6-5-20(28)16-7-8-32(14-16)23(34)36-24(2,3)4/h5-6,9-10,16,19H,7-8,11-14,28-29H2,1-4H3,(H,31,33)/b20-5-,21-6+. The van der Waals surface area contributed by atoms with Crippen molar-refractivity contribution in [3.8, 4) is 5.75 Å². The number of likely N-dealkylation sites (tertiary alicyclic amines) is 1. The van der Waals surface area contributed by atoms with Crippen LogP contribution in [0.2, 0.25) is 0 Å². The van der Waals surface area contributed by atoms with Crippen molar-refractivity contribution in [1.29, 1.82) is 0 Å². The molecule has 2 heterocycles. The number of rotatable bonds is 7. The van der Waals surface area contributed by atoms with Gasteiger partial charge in [0.1, 0.15) is 23.3 Å². The molecule has 36 heavy (non-hydrogen) atoms. The Morgan fingerprint density at radius 1 is 1.25 bits per heavy atom. The lowest BCUT2D eigenvalue weighted by Crippen LogP contribution is -2.43. The zero-order valence-electron chi connectivity index (χ0n) is 21.1. The van der Waals surface area contributed by atoms with Gasteiger partial charge in [-0.25, -0.2) is 13.6 Å². The topological polar surface area (TPSA) is 133 Å². The second-order valence-electron chi connectivity index (χ2n) is 10.4. The summed E-state index contributed by atoms with van der Waals surface area (Å²) >= 11 is 0. The molecule has 2 aliphatic rings. The van der Waals surface area contributed by atoms with Crippen molar-refractivity contribution in [1.82, 2.24) is 15.2 Å². The van der Waals surface area contributed by atoms with E-state index in [1.54, 1.807) is 30.0 Å². The number of hydrogen-bond donors (Lipinski definition) is 3. The normalized spacial score (nSPS) is 20.6. The zero-order valence-corrected chi connectivity index (χ0v) is 21.1. The molecule has 1 saturated heterocycles. The largest absolute Gasteiger partial charge is 0.490 e. The number of allylic oxidation sites excluding steroid dienone is 2.